The molecular formula is C12H16O. The molecule has 1 saturated heterocycles. The average molecular weight is 176 g/mol. The van der Waals surface area contributed by atoms with Gasteiger partial charge in [-0.05, 0) is 42.7 Å². The molecule has 0 atom stereocenters. The topological polar surface area (TPSA) is 9.23 Å². The van der Waals surface area contributed by atoms with E-state index < -0.39 is 0 Å². The maximum atomic E-state index is 5.46. The first-order valence-corrected chi connectivity index (χ1v) is 4.92. The van der Waals surface area contributed by atoms with Gasteiger partial charge in [0.1, 0.15) is 5.76 Å². The van der Waals surface area contributed by atoms with Crippen LogP contribution in [0.15, 0.2) is 41.4 Å². The normalized spacial score (nSPS) is 18.3. The summed E-state index contributed by atoms with van der Waals surface area (Å²) in [6.45, 7) is 4.86. The van der Waals surface area contributed by atoms with E-state index in [1.165, 1.54) is 5.57 Å². The average Bonchev–Trinajstić information content (AvgIpc) is 2.45. The summed E-state index contributed by atoms with van der Waals surface area (Å²) in [6, 6.07) is 0. The van der Waals surface area contributed by atoms with Crippen molar-refractivity contribution in [3.05, 3.63) is 41.4 Å². The SMILES string of the molecule is C1=CC=C2CCCOC2=CC=1.CC. The molecule has 0 aromatic carbocycles. The van der Waals surface area contributed by atoms with Crippen LogP contribution in [0.1, 0.15) is 26.7 Å². The molecule has 0 radical (unpaired) electrons. The third kappa shape index (κ3) is 2.64. The smallest absolute Gasteiger partial charge is 0.123 e. The van der Waals surface area contributed by atoms with Gasteiger partial charge in [0.05, 0.1) is 6.61 Å². The zero-order valence-corrected chi connectivity index (χ0v) is 8.34. The lowest BCUT2D eigenvalue weighted by Crippen LogP contribution is -2.05. The van der Waals surface area contributed by atoms with Crippen LogP contribution < -0.4 is 0 Å². The Labute approximate surface area is 80.1 Å². The summed E-state index contributed by atoms with van der Waals surface area (Å²) in [5, 5.41) is 0. The number of hydrogen-bond donors (Lipinski definition) is 0. The van der Waals surface area contributed by atoms with E-state index in [9.17, 15) is 0 Å². The second-order valence-electron chi connectivity index (χ2n) is 2.67. The van der Waals surface area contributed by atoms with E-state index in [4.69, 9.17) is 4.74 Å². The molecule has 13 heavy (non-hydrogen) atoms. The van der Waals surface area contributed by atoms with E-state index in [0.717, 1.165) is 25.2 Å². The van der Waals surface area contributed by atoms with Gasteiger partial charge in [-0.15, -0.1) is 5.73 Å². The minimum Gasteiger partial charge on any atom is -0.493 e. The number of ether oxygens (including phenoxy) is 1. The molecule has 0 bridgehead atoms. The van der Waals surface area contributed by atoms with E-state index >= 15 is 0 Å². The first-order valence-electron chi connectivity index (χ1n) is 4.92. The van der Waals surface area contributed by atoms with Crippen molar-refractivity contribution in [3.8, 4) is 0 Å². The van der Waals surface area contributed by atoms with Gasteiger partial charge in [0.2, 0.25) is 0 Å². The Morgan fingerprint density at radius 1 is 1.23 bits per heavy atom. The molecule has 2 aliphatic rings. The van der Waals surface area contributed by atoms with Gasteiger partial charge in [0, 0.05) is 0 Å². The molecule has 0 amide bonds. The molecule has 70 valence electrons. The molecule has 0 saturated carbocycles. The van der Waals surface area contributed by atoms with Crippen molar-refractivity contribution in [1.82, 2.24) is 0 Å². The lowest BCUT2D eigenvalue weighted by Gasteiger charge is -2.18. The molecule has 1 fully saturated rings. The van der Waals surface area contributed by atoms with Gasteiger partial charge in [-0.25, -0.2) is 0 Å². The molecule has 0 unspecified atom stereocenters. The van der Waals surface area contributed by atoms with E-state index in [1.807, 2.05) is 32.1 Å². The van der Waals surface area contributed by atoms with Gasteiger partial charge in [-0.2, -0.15) is 0 Å². The molecule has 0 aromatic heterocycles. The van der Waals surface area contributed by atoms with Crippen LogP contribution in [-0.2, 0) is 4.74 Å². The summed E-state index contributed by atoms with van der Waals surface area (Å²) in [5.74, 6) is 1.03. The quantitative estimate of drug-likeness (QED) is 0.514. The monoisotopic (exact) mass is 176 g/mol. The number of rotatable bonds is 0. The van der Waals surface area contributed by atoms with Crippen LogP contribution in [0.25, 0.3) is 0 Å². The highest BCUT2D eigenvalue weighted by Gasteiger charge is 2.11. The van der Waals surface area contributed by atoms with Gasteiger partial charge < -0.3 is 4.74 Å². The van der Waals surface area contributed by atoms with E-state index in [2.05, 4.69) is 11.8 Å². The predicted octanol–water partition coefficient (Wildman–Crippen LogP) is 3.36. The van der Waals surface area contributed by atoms with Gasteiger partial charge in [-0.1, -0.05) is 13.8 Å². The van der Waals surface area contributed by atoms with Crippen LogP contribution in [0, 0.1) is 0 Å². The van der Waals surface area contributed by atoms with Crippen LogP contribution in [0.4, 0.5) is 0 Å². The fourth-order valence-electron chi connectivity index (χ4n) is 1.31. The summed E-state index contributed by atoms with van der Waals surface area (Å²) < 4.78 is 5.46. The summed E-state index contributed by atoms with van der Waals surface area (Å²) in [7, 11) is 0. The first kappa shape index (κ1) is 9.88. The summed E-state index contributed by atoms with van der Waals surface area (Å²) in [5.41, 5.74) is 4.32. The molecule has 1 heterocycles. The molecule has 1 aliphatic heterocycles. The Kier molecular flexibility index (Phi) is 4.14. The van der Waals surface area contributed by atoms with E-state index in [-0.39, 0.29) is 0 Å². The molecular weight excluding hydrogens is 160 g/mol. The summed E-state index contributed by atoms with van der Waals surface area (Å²) in [4.78, 5) is 0. The molecule has 2 rings (SSSR count). The predicted molar refractivity (Wildman–Crippen MR) is 55.4 cm³/mol. The third-order valence-electron chi connectivity index (χ3n) is 1.88. The second kappa shape index (κ2) is 5.45. The van der Waals surface area contributed by atoms with Crippen molar-refractivity contribution in [2.75, 3.05) is 6.61 Å². The Balaban J connectivity index is 0.000000396. The first-order chi connectivity index (χ1) is 6.47. The van der Waals surface area contributed by atoms with Crippen LogP contribution >= 0.6 is 0 Å². The third-order valence-corrected chi connectivity index (χ3v) is 1.88. The zero-order valence-electron chi connectivity index (χ0n) is 8.34. The van der Waals surface area contributed by atoms with Crippen molar-refractivity contribution >= 4 is 0 Å². The van der Waals surface area contributed by atoms with Crippen molar-refractivity contribution in [3.63, 3.8) is 0 Å². The maximum absolute atomic E-state index is 5.46. The van der Waals surface area contributed by atoms with Crippen LogP contribution in [0.5, 0.6) is 0 Å². The van der Waals surface area contributed by atoms with Gasteiger partial charge >= 0.3 is 0 Å². The van der Waals surface area contributed by atoms with Crippen LogP contribution in [0.2, 0.25) is 0 Å². The van der Waals surface area contributed by atoms with Crippen molar-refractivity contribution in [2.45, 2.75) is 26.7 Å². The molecule has 1 nitrogen and oxygen atoms in total. The molecule has 1 aliphatic carbocycles. The fourth-order valence-corrected chi connectivity index (χ4v) is 1.31. The lowest BCUT2D eigenvalue weighted by molar-refractivity contribution is 0.194. The standard InChI is InChI=1S/C10H10O.C2H6/c1-2-5-9-6-4-8-11-10(9)7-3-1;1-2/h2-3,5,7H,4,6,8H2;1-2H3. The minimum absolute atomic E-state index is 0.858. The minimum atomic E-state index is 0.858. The molecule has 0 spiro atoms. The largest absolute Gasteiger partial charge is 0.493 e. The number of hydrogen-bond acceptors (Lipinski definition) is 1. The molecule has 0 N–H and O–H groups in total. The highest BCUT2D eigenvalue weighted by Crippen LogP contribution is 2.23. The maximum Gasteiger partial charge on any atom is 0.123 e. The summed E-state index contributed by atoms with van der Waals surface area (Å²) in [6.07, 6.45) is 10.2. The Bertz CT molecular complexity index is 249. The van der Waals surface area contributed by atoms with Crippen molar-refractivity contribution in [2.24, 2.45) is 0 Å². The van der Waals surface area contributed by atoms with Gasteiger partial charge in [0.15, 0.2) is 0 Å². The highest BCUT2D eigenvalue weighted by molar-refractivity contribution is 5.35. The van der Waals surface area contributed by atoms with Crippen molar-refractivity contribution < 1.29 is 4.74 Å². The van der Waals surface area contributed by atoms with Gasteiger partial charge in [0.25, 0.3) is 0 Å². The Hall–Kier alpha value is -1.20. The van der Waals surface area contributed by atoms with E-state index in [0.29, 0.717) is 0 Å². The highest BCUT2D eigenvalue weighted by atomic mass is 16.5. The lowest BCUT2D eigenvalue weighted by atomic mass is 10.1. The Morgan fingerprint density at radius 3 is 2.85 bits per heavy atom. The fraction of sp³-hybridized carbons (Fsp3) is 0.417. The second-order valence-corrected chi connectivity index (χ2v) is 2.67. The number of fused-ring (bicyclic) bond motifs is 1. The Morgan fingerprint density at radius 2 is 2.00 bits per heavy atom. The number of allylic oxidation sites excluding steroid dienone is 4. The van der Waals surface area contributed by atoms with Crippen LogP contribution in [-0.4, -0.2) is 6.61 Å². The summed E-state index contributed by atoms with van der Waals surface area (Å²) >= 11 is 0. The van der Waals surface area contributed by atoms with Crippen LogP contribution in [0.3, 0.4) is 0 Å². The van der Waals surface area contributed by atoms with Gasteiger partial charge in [-0.3, -0.25) is 0 Å². The van der Waals surface area contributed by atoms with E-state index in [1.54, 1.807) is 0 Å². The molecule has 0 aromatic rings. The zero-order chi connectivity index (χ0) is 9.52. The van der Waals surface area contributed by atoms with Crippen molar-refractivity contribution in [1.29, 1.82) is 0 Å². The molecule has 1 heteroatoms.